The predicted molar refractivity (Wildman–Crippen MR) is 47.5 cm³/mol. The minimum Gasteiger partial charge on any atom is -0.392 e. The molecule has 0 aliphatic heterocycles. The fourth-order valence-corrected chi connectivity index (χ4v) is 0.999. The third-order valence-electron chi connectivity index (χ3n) is 1.70. The van der Waals surface area contributed by atoms with E-state index in [-0.39, 0.29) is 20.7 Å². The van der Waals surface area contributed by atoms with E-state index in [0.717, 1.165) is 6.20 Å². The van der Waals surface area contributed by atoms with Gasteiger partial charge in [0.2, 0.25) is 0 Å². The van der Waals surface area contributed by atoms with Crippen LogP contribution in [0.25, 0.3) is 0 Å². The molecule has 0 fully saturated rings. The monoisotopic (exact) mass is 248 g/mol. The first kappa shape index (κ1) is 10.6. The Balaban J connectivity index is 2.65. The fraction of sp³-hybridized carbons (Fsp3) is 0. The third kappa shape index (κ3) is 1.55. The first-order valence-corrected chi connectivity index (χ1v) is 4.06. The van der Waals surface area contributed by atoms with E-state index >= 15 is 0 Å². The largest absolute Gasteiger partial charge is 0.392 e. The topological polar surface area (TPSA) is 166 Å². The summed E-state index contributed by atoms with van der Waals surface area (Å²) in [6.45, 7) is 0. The lowest BCUT2D eigenvalue weighted by Crippen LogP contribution is -2.33. The van der Waals surface area contributed by atoms with E-state index in [1.165, 1.54) is 11.7 Å². The van der Waals surface area contributed by atoms with Crippen LogP contribution in [-0.4, -0.2) is 45.1 Å². The van der Waals surface area contributed by atoms with Crippen molar-refractivity contribution in [3.05, 3.63) is 22.7 Å². The van der Waals surface area contributed by atoms with Crippen LogP contribution in [0.5, 0.6) is 0 Å². The molecular weight excluding hydrogens is 240 g/mol. The average molecular weight is 248 g/mol. The molecule has 2 heterocycles. The second-order valence-corrected chi connectivity index (χ2v) is 2.72. The van der Waals surface area contributed by atoms with Crippen LogP contribution in [0.1, 0.15) is 0 Å². The molecule has 0 amide bonds. The van der Waals surface area contributed by atoms with Crippen LogP contribution in [0.15, 0.2) is 21.7 Å². The second kappa shape index (κ2) is 3.56. The molecule has 0 radical (unpaired) electrons. The highest BCUT2D eigenvalue weighted by Crippen LogP contribution is 1.92. The van der Waals surface area contributed by atoms with Gasteiger partial charge in [0.05, 0.1) is 14.9 Å². The van der Waals surface area contributed by atoms with Gasteiger partial charge in [0, 0.05) is 11.2 Å². The van der Waals surface area contributed by atoms with Crippen molar-refractivity contribution in [3.63, 3.8) is 0 Å². The molecule has 94 valence electrons. The maximum atomic E-state index is 11.4. The second-order valence-electron chi connectivity index (χ2n) is 2.72. The molecule has 2 rings (SSSR count). The Labute approximate surface area is 90.7 Å². The van der Waals surface area contributed by atoms with Gasteiger partial charge < -0.3 is 16.1 Å². The molecule has 0 atom stereocenters. The van der Waals surface area contributed by atoms with Gasteiger partial charge in [-0.2, -0.15) is 15.2 Å². The molecule has 0 bridgehead atoms. The molecule has 13 nitrogen and oxygen atoms in total. The Bertz CT molecular complexity index is 617. The smallest absolute Gasteiger partial charge is 0.372 e. The molecule has 0 spiro atoms. The molecule has 0 aliphatic rings. The van der Waals surface area contributed by atoms with Crippen molar-refractivity contribution in [2.45, 2.75) is 0 Å². The molecule has 17 heavy (non-hydrogen) atoms. The van der Waals surface area contributed by atoms with Crippen LogP contribution in [-0.2, 0) is 0 Å². The number of nitrogens with two attached hydrogens (primary N) is 1. The van der Waals surface area contributed by atoms with E-state index in [2.05, 4.69) is 9.61 Å². The van der Waals surface area contributed by atoms with E-state index in [4.69, 9.17) is 16.1 Å². The van der Waals surface area contributed by atoms with Gasteiger partial charge in [0.1, 0.15) is 5.82 Å². The van der Waals surface area contributed by atoms with Gasteiger partial charge in [-0.25, -0.2) is 9.42 Å². The highest BCUT2D eigenvalue weighted by Gasteiger charge is 2.13. The summed E-state index contributed by atoms with van der Waals surface area (Å²) >= 11 is 0. The van der Waals surface area contributed by atoms with E-state index in [1.807, 2.05) is 0 Å². The van der Waals surface area contributed by atoms with Crippen molar-refractivity contribution in [1.82, 2.24) is 29.5 Å². The molecule has 2 aromatic rings. The van der Waals surface area contributed by atoms with Crippen LogP contribution < -0.4 is 17.0 Å². The third-order valence-corrected chi connectivity index (χ3v) is 1.70. The maximum Gasteiger partial charge on any atom is 0.372 e. The number of nitrogen functional groups attached to an aromatic ring is 1. The minimum atomic E-state index is -0.891. The normalized spacial score (nSPS) is 10.4. The van der Waals surface area contributed by atoms with Gasteiger partial charge in [-0.3, -0.25) is 5.21 Å². The lowest BCUT2D eigenvalue weighted by Gasteiger charge is -2.02. The average Bonchev–Trinajstić information content (AvgIpc) is 2.57. The standard InChI is InChI=1S/C4H8N8O5/c5-3-1-2-8(4(13)6-3)12-11(16)10(15)9(7-14)17-12/h1-2,7,14-16H,(H2,5,6,13). The maximum absolute atomic E-state index is 11.4. The minimum absolute atomic E-state index is 0.0343. The van der Waals surface area contributed by atoms with Gasteiger partial charge in [-0.15, -0.1) is 0 Å². The Morgan fingerprint density at radius 3 is 2.65 bits per heavy atom. The number of nitrogens with one attached hydrogen (secondary N) is 1. The quantitative estimate of drug-likeness (QED) is 0.286. The molecule has 2 aromatic heterocycles. The Morgan fingerprint density at radius 1 is 1.41 bits per heavy atom. The number of hydrogen-bond donors (Lipinski definition) is 5. The molecule has 0 saturated carbocycles. The van der Waals surface area contributed by atoms with Gasteiger partial charge >= 0.3 is 5.69 Å². The Morgan fingerprint density at radius 2 is 2.12 bits per heavy atom. The summed E-state index contributed by atoms with van der Waals surface area (Å²) in [5, 5.41) is 26.9. The van der Waals surface area contributed by atoms with Gasteiger partial charge in [-0.05, 0) is 6.07 Å². The van der Waals surface area contributed by atoms with E-state index in [0.29, 0.717) is 9.64 Å². The molecule has 0 unspecified atom stereocenters. The first-order valence-electron chi connectivity index (χ1n) is 4.06. The summed E-state index contributed by atoms with van der Waals surface area (Å²) in [7, 11) is 0. The summed E-state index contributed by atoms with van der Waals surface area (Å²) in [5.74, 6) is -0.0343. The van der Waals surface area contributed by atoms with Crippen LogP contribution >= 0.6 is 0 Å². The SMILES string of the molecule is Nc1ccn(-n2on(NO)n(O)n2O)c(=O)n1. The highest BCUT2D eigenvalue weighted by atomic mass is 16.9. The molecular formula is C4H8N8O5. The summed E-state index contributed by atoms with van der Waals surface area (Å²) in [6.07, 6.45) is 1.11. The number of rotatable bonds is 2. The van der Waals surface area contributed by atoms with Gasteiger partial charge in [0.25, 0.3) is 0 Å². The van der Waals surface area contributed by atoms with Crippen molar-refractivity contribution in [1.29, 1.82) is 0 Å². The number of hydrogen-bond acceptors (Lipinski definition) is 8. The molecule has 0 saturated heterocycles. The van der Waals surface area contributed by atoms with Crippen LogP contribution in [0.2, 0.25) is 0 Å². The Hall–Kier alpha value is -2.96. The zero-order valence-electron chi connectivity index (χ0n) is 8.07. The lowest BCUT2D eigenvalue weighted by atomic mass is 10.6. The molecule has 0 aliphatic carbocycles. The zero-order valence-corrected chi connectivity index (χ0v) is 8.07. The fourth-order valence-electron chi connectivity index (χ4n) is 0.999. The highest BCUT2D eigenvalue weighted by molar-refractivity contribution is 5.23. The summed E-state index contributed by atoms with van der Waals surface area (Å²) in [4.78, 5) is 15.1. The van der Waals surface area contributed by atoms with E-state index < -0.39 is 5.69 Å². The number of anilines is 1. The molecule has 13 heteroatoms. The number of aromatic nitrogens is 6. The summed E-state index contributed by atoms with van der Waals surface area (Å²) in [5.41, 5.74) is 5.73. The lowest BCUT2D eigenvalue weighted by molar-refractivity contribution is -0.0876. The van der Waals surface area contributed by atoms with Crippen molar-refractivity contribution in [2.24, 2.45) is 0 Å². The van der Waals surface area contributed by atoms with Crippen molar-refractivity contribution < 1.29 is 20.3 Å². The van der Waals surface area contributed by atoms with Crippen LogP contribution in [0.3, 0.4) is 0 Å². The molecule has 6 N–H and O–H groups in total. The van der Waals surface area contributed by atoms with Crippen molar-refractivity contribution >= 4 is 5.82 Å². The zero-order chi connectivity index (χ0) is 12.6. The van der Waals surface area contributed by atoms with Crippen molar-refractivity contribution in [3.8, 4) is 0 Å². The number of nitrogens with zero attached hydrogens (tertiary/aromatic N) is 6. The predicted octanol–water partition coefficient (Wildman–Crippen LogP) is -2.53. The van der Waals surface area contributed by atoms with Crippen LogP contribution in [0.4, 0.5) is 5.82 Å². The Kier molecular flexibility index (Phi) is 2.21. The first-order chi connectivity index (χ1) is 8.04. The summed E-state index contributed by atoms with van der Waals surface area (Å²) < 4.78 is 5.23. The van der Waals surface area contributed by atoms with E-state index in [1.54, 1.807) is 0 Å². The van der Waals surface area contributed by atoms with Gasteiger partial charge in [0.15, 0.2) is 0 Å². The van der Waals surface area contributed by atoms with E-state index in [9.17, 15) is 10.0 Å². The summed E-state index contributed by atoms with van der Waals surface area (Å²) in [6, 6.07) is 1.25. The van der Waals surface area contributed by atoms with Gasteiger partial charge in [-0.1, -0.05) is 0 Å². The molecule has 0 aromatic carbocycles. The van der Waals surface area contributed by atoms with Crippen molar-refractivity contribution in [2.75, 3.05) is 11.3 Å². The van der Waals surface area contributed by atoms with Crippen LogP contribution in [0, 0.1) is 0 Å².